The number of methoxy groups -OCH3 is 1. The van der Waals surface area contributed by atoms with Crippen LogP contribution in [0.2, 0.25) is 0 Å². The van der Waals surface area contributed by atoms with Gasteiger partial charge in [-0.1, -0.05) is 18.9 Å². The Labute approximate surface area is 153 Å². The van der Waals surface area contributed by atoms with E-state index in [1.165, 1.54) is 37.5 Å². The molecule has 8 heteroatoms. The van der Waals surface area contributed by atoms with Gasteiger partial charge in [0.2, 0.25) is 5.78 Å². The summed E-state index contributed by atoms with van der Waals surface area (Å²) in [5, 5.41) is 0.437. The lowest BCUT2D eigenvalue weighted by Crippen LogP contribution is -2.09. The Bertz CT molecular complexity index is 959. The molecule has 3 rings (SSSR count). The van der Waals surface area contributed by atoms with Crippen LogP contribution < -0.4 is 9.46 Å². The van der Waals surface area contributed by atoms with Crippen LogP contribution in [0.1, 0.15) is 29.3 Å². The summed E-state index contributed by atoms with van der Waals surface area (Å²) in [6.07, 6.45) is 3.78. The molecule has 0 aliphatic heterocycles. The van der Waals surface area contributed by atoms with Crippen LogP contribution in [0.25, 0.3) is 11.0 Å². The van der Waals surface area contributed by atoms with E-state index in [4.69, 9.17) is 4.74 Å². The minimum atomic E-state index is -0.913. The number of aromatic nitrogens is 2. The number of anilines is 1. The molecule has 0 amide bonds. The van der Waals surface area contributed by atoms with Crippen molar-refractivity contribution in [1.82, 2.24) is 9.97 Å². The first kappa shape index (κ1) is 18.2. The first-order chi connectivity index (χ1) is 12.6. The highest BCUT2D eigenvalue weighted by molar-refractivity contribution is 8.00. The van der Waals surface area contributed by atoms with E-state index in [1.54, 1.807) is 6.07 Å². The van der Waals surface area contributed by atoms with Gasteiger partial charge in [-0.05, 0) is 24.6 Å². The number of H-pyrrole nitrogens is 1. The number of fused-ring (bicyclic) bond motifs is 1. The third-order valence-electron chi connectivity index (χ3n) is 3.79. The van der Waals surface area contributed by atoms with Gasteiger partial charge < -0.3 is 14.4 Å². The number of hydrogen-bond donors (Lipinski definition) is 2. The lowest BCUT2D eigenvalue weighted by atomic mass is 10.0. The number of ketones is 1. The first-order valence-corrected chi connectivity index (χ1v) is 8.97. The second-order valence-electron chi connectivity index (χ2n) is 5.54. The van der Waals surface area contributed by atoms with Gasteiger partial charge in [-0.15, -0.1) is 0 Å². The molecule has 0 atom stereocenters. The Hall–Kier alpha value is -2.61. The molecule has 0 saturated heterocycles. The summed E-state index contributed by atoms with van der Waals surface area (Å²) in [5.41, 5.74) is 0.0323. The molecule has 1 aromatic carbocycles. The predicted octanol–water partition coefficient (Wildman–Crippen LogP) is 4.55. The number of rotatable bonds is 7. The van der Waals surface area contributed by atoms with E-state index < -0.39 is 23.0 Å². The Kier molecular flexibility index (Phi) is 5.41. The quantitative estimate of drug-likeness (QED) is 0.359. The minimum absolute atomic E-state index is 0.0729. The zero-order chi connectivity index (χ0) is 18.7. The normalized spacial score (nSPS) is 10.9. The number of carbonyl (C=O) groups excluding carboxylic acids is 1. The van der Waals surface area contributed by atoms with Gasteiger partial charge in [-0.25, -0.2) is 13.8 Å². The van der Waals surface area contributed by atoms with Gasteiger partial charge in [0.05, 0.1) is 24.6 Å². The van der Waals surface area contributed by atoms with Gasteiger partial charge >= 0.3 is 0 Å². The molecule has 0 radical (unpaired) electrons. The molecule has 0 spiro atoms. The van der Waals surface area contributed by atoms with E-state index in [9.17, 15) is 13.6 Å². The maximum absolute atomic E-state index is 14.8. The monoisotopic (exact) mass is 377 g/mol. The summed E-state index contributed by atoms with van der Waals surface area (Å²) in [6, 6.07) is 3.96. The standard InChI is InChI=1S/C18H17F2N3O2S/c1-3-6-26-23-14-5-4-13(19)15(16(14)20)17(24)12-9-22-18-11(12)7-10(25-2)8-21-18/h4-5,7-9,23H,3,6H2,1-2H3,(H,21,22). The Morgan fingerprint density at radius 2 is 2.19 bits per heavy atom. The van der Waals surface area contributed by atoms with Gasteiger partial charge in [0.15, 0.2) is 5.82 Å². The molecule has 5 nitrogen and oxygen atoms in total. The molecule has 2 heterocycles. The largest absolute Gasteiger partial charge is 0.495 e. The number of nitrogens with one attached hydrogen (secondary N) is 2. The number of hydrogen-bond acceptors (Lipinski definition) is 5. The van der Waals surface area contributed by atoms with Gasteiger partial charge in [0, 0.05) is 22.9 Å². The maximum atomic E-state index is 14.8. The van der Waals surface area contributed by atoms with Gasteiger partial charge in [-0.2, -0.15) is 0 Å². The highest BCUT2D eigenvalue weighted by Crippen LogP contribution is 2.29. The van der Waals surface area contributed by atoms with Crippen molar-refractivity contribution in [3.63, 3.8) is 0 Å². The number of pyridine rings is 1. The lowest BCUT2D eigenvalue weighted by Gasteiger charge is -2.10. The molecule has 0 fully saturated rings. The highest BCUT2D eigenvalue weighted by atomic mass is 32.2. The summed E-state index contributed by atoms with van der Waals surface area (Å²) in [7, 11) is 1.47. The van der Waals surface area contributed by atoms with Crippen LogP contribution in [0.4, 0.5) is 14.5 Å². The summed E-state index contributed by atoms with van der Waals surface area (Å²) in [6.45, 7) is 1.99. The zero-order valence-corrected chi connectivity index (χ0v) is 15.0. The van der Waals surface area contributed by atoms with Crippen LogP contribution in [-0.4, -0.2) is 28.6 Å². The van der Waals surface area contributed by atoms with Crippen LogP contribution in [-0.2, 0) is 0 Å². The van der Waals surface area contributed by atoms with Crippen molar-refractivity contribution in [2.24, 2.45) is 0 Å². The van der Waals surface area contributed by atoms with Crippen molar-refractivity contribution in [1.29, 1.82) is 0 Å². The van der Waals surface area contributed by atoms with Crippen molar-refractivity contribution in [2.45, 2.75) is 13.3 Å². The van der Waals surface area contributed by atoms with Crippen LogP contribution in [0.5, 0.6) is 5.75 Å². The van der Waals surface area contributed by atoms with Gasteiger partial charge in [0.1, 0.15) is 17.2 Å². The van der Waals surface area contributed by atoms with Crippen LogP contribution >= 0.6 is 11.9 Å². The zero-order valence-electron chi connectivity index (χ0n) is 14.2. The average molecular weight is 377 g/mol. The second-order valence-corrected chi connectivity index (χ2v) is 6.44. The van der Waals surface area contributed by atoms with Crippen LogP contribution in [0.15, 0.2) is 30.6 Å². The Morgan fingerprint density at radius 3 is 2.92 bits per heavy atom. The molecule has 3 aromatic rings. The molecular formula is C18H17F2N3O2S. The SMILES string of the molecule is CCCSNc1ccc(F)c(C(=O)c2c[nH]c3ncc(OC)cc23)c1F. The van der Waals surface area contributed by atoms with Crippen LogP contribution in [0, 0.1) is 11.6 Å². The lowest BCUT2D eigenvalue weighted by molar-refractivity contribution is 0.103. The Balaban J connectivity index is 2.03. The molecule has 2 aromatic heterocycles. The number of carbonyl (C=O) groups is 1. The van der Waals surface area contributed by atoms with Gasteiger partial charge in [0.25, 0.3) is 0 Å². The van der Waals surface area contributed by atoms with E-state index >= 15 is 0 Å². The highest BCUT2D eigenvalue weighted by Gasteiger charge is 2.24. The molecule has 136 valence electrons. The van der Waals surface area contributed by atoms with E-state index in [2.05, 4.69) is 14.7 Å². The fourth-order valence-corrected chi connectivity index (χ4v) is 3.11. The molecule has 0 aliphatic carbocycles. The number of aromatic amines is 1. The average Bonchev–Trinajstić information content (AvgIpc) is 3.06. The summed E-state index contributed by atoms with van der Waals surface area (Å²) < 4.78 is 36.9. The second kappa shape index (κ2) is 7.74. The van der Waals surface area contributed by atoms with Crippen LogP contribution in [0.3, 0.4) is 0 Å². The van der Waals surface area contributed by atoms with Crippen molar-refractivity contribution in [3.8, 4) is 5.75 Å². The number of ether oxygens (including phenoxy) is 1. The summed E-state index contributed by atoms with van der Waals surface area (Å²) in [5.74, 6) is -1.38. The molecule has 0 bridgehead atoms. The van der Waals surface area contributed by atoms with E-state index in [0.717, 1.165) is 18.2 Å². The number of nitrogens with zero attached hydrogens (tertiary/aromatic N) is 1. The van der Waals surface area contributed by atoms with Crippen molar-refractivity contribution in [2.75, 3.05) is 17.6 Å². The van der Waals surface area contributed by atoms with Crippen molar-refractivity contribution in [3.05, 3.63) is 53.4 Å². The van der Waals surface area contributed by atoms with E-state index in [1.807, 2.05) is 6.92 Å². The molecule has 0 unspecified atom stereocenters. The maximum Gasteiger partial charge on any atom is 0.201 e. The molecule has 26 heavy (non-hydrogen) atoms. The molecular weight excluding hydrogens is 360 g/mol. The van der Waals surface area contributed by atoms with E-state index in [-0.39, 0.29) is 11.3 Å². The third-order valence-corrected chi connectivity index (χ3v) is 4.77. The number of halogens is 2. The molecule has 0 aliphatic rings. The third kappa shape index (κ3) is 3.37. The van der Waals surface area contributed by atoms with Crippen molar-refractivity contribution >= 4 is 34.5 Å². The summed E-state index contributed by atoms with van der Waals surface area (Å²) in [4.78, 5) is 19.8. The number of benzene rings is 1. The summed E-state index contributed by atoms with van der Waals surface area (Å²) >= 11 is 1.30. The van der Waals surface area contributed by atoms with E-state index in [0.29, 0.717) is 16.8 Å². The first-order valence-electron chi connectivity index (χ1n) is 7.98. The fraction of sp³-hybridized carbons (Fsp3) is 0.222. The molecule has 2 N–H and O–H groups in total. The molecule has 0 saturated carbocycles. The fourth-order valence-electron chi connectivity index (χ4n) is 2.49. The topological polar surface area (TPSA) is 67.0 Å². The smallest absolute Gasteiger partial charge is 0.201 e. The predicted molar refractivity (Wildman–Crippen MR) is 98.8 cm³/mol. The van der Waals surface area contributed by atoms with Crippen molar-refractivity contribution < 1.29 is 18.3 Å². The van der Waals surface area contributed by atoms with Gasteiger partial charge in [-0.3, -0.25) is 4.79 Å². The minimum Gasteiger partial charge on any atom is -0.495 e. The Morgan fingerprint density at radius 1 is 1.38 bits per heavy atom.